The zero-order chi connectivity index (χ0) is 9.84. The summed E-state index contributed by atoms with van der Waals surface area (Å²) in [6, 6.07) is 1.65. The maximum atomic E-state index is 11.3. The van der Waals surface area contributed by atoms with Crippen LogP contribution in [0.1, 0.15) is 23.0 Å². The van der Waals surface area contributed by atoms with Crippen LogP contribution < -0.4 is 5.32 Å². The predicted molar refractivity (Wildman–Crippen MR) is 47.5 cm³/mol. The highest BCUT2D eigenvalue weighted by Gasteiger charge is 2.08. The van der Waals surface area contributed by atoms with Crippen molar-refractivity contribution in [2.45, 2.75) is 20.0 Å². The maximum absolute atomic E-state index is 11.3. The van der Waals surface area contributed by atoms with Gasteiger partial charge in [-0.1, -0.05) is 0 Å². The molecule has 13 heavy (non-hydrogen) atoms. The van der Waals surface area contributed by atoms with Crippen LogP contribution in [0, 0.1) is 6.92 Å². The van der Waals surface area contributed by atoms with Crippen molar-refractivity contribution >= 4 is 5.91 Å². The van der Waals surface area contributed by atoms with E-state index in [9.17, 15) is 4.79 Å². The Balaban J connectivity index is 2.49. The van der Waals surface area contributed by atoms with Crippen molar-refractivity contribution in [3.8, 4) is 0 Å². The number of amides is 1. The van der Waals surface area contributed by atoms with E-state index < -0.39 is 6.10 Å². The third-order valence-corrected chi connectivity index (χ3v) is 1.55. The van der Waals surface area contributed by atoms with Gasteiger partial charge in [-0.05, 0) is 19.9 Å². The summed E-state index contributed by atoms with van der Waals surface area (Å²) in [5, 5.41) is 11.5. The highest BCUT2D eigenvalue weighted by Crippen LogP contribution is 2.05. The van der Waals surface area contributed by atoms with E-state index in [0.717, 1.165) is 0 Å². The molecule has 0 radical (unpaired) electrons. The molecule has 1 heterocycles. The van der Waals surface area contributed by atoms with Crippen LogP contribution in [0.25, 0.3) is 0 Å². The van der Waals surface area contributed by atoms with Gasteiger partial charge in [-0.15, -0.1) is 0 Å². The molecule has 4 nitrogen and oxygen atoms in total. The number of hydrogen-bond acceptors (Lipinski definition) is 3. The summed E-state index contributed by atoms with van der Waals surface area (Å²) < 4.78 is 4.97. The van der Waals surface area contributed by atoms with Crippen LogP contribution in [0.2, 0.25) is 0 Å². The van der Waals surface area contributed by atoms with Crippen molar-refractivity contribution in [1.29, 1.82) is 0 Å². The Hall–Kier alpha value is -1.29. The molecule has 0 aromatic carbocycles. The molecule has 0 aliphatic carbocycles. The summed E-state index contributed by atoms with van der Waals surface area (Å²) in [6.07, 6.45) is 0.865. The summed E-state index contributed by atoms with van der Waals surface area (Å²) in [7, 11) is 0. The predicted octanol–water partition coefficient (Wildman–Crippen LogP) is 0.699. The first-order valence-corrected chi connectivity index (χ1v) is 4.11. The first-order chi connectivity index (χ1) is 6.09. The van der Waals surface area contributed by atoms with E-state index in [1.165, 1.54) is 6.26 Å². The number of carbonyl (C=O) groups excluding carboxylic acids is 1. The van der Waals surface area contributed by atoms with E-state index in [-0.39, 0.29) is 12.5 Å². The zero-order valence-corrected chi connectivity index (χ0v) is 7.70. The van der Waals surface area contributed by atoms with Gasteiger partial charge in [-0.25, -0.2) is 0 Å². The molecule has 0 aliphatic heterocycles. The summed E-state index contributed by atoms with van der Waals surface area (Å²) in [5.74, 6) is 0.472. The molecule has 1 aromatic rings. The van der Waals surface area contributed by atoms with Crippen molar-refractivity contribution in [1.82, 2.24) is 5.32 Å². The molecule has 1 unspecified atom stereocenters. The van der Waals surface area contributed by atoms with Crippen molar-refractivity contribution in [3.05, 3.63) is 23.7 Å². The number of carbonyl (C=O) groups is 1. The Morgan fingerprint density at radius 3 is 2.92 bits per heavy atom. The number of hydrogen-bond donors (Lipinski definition) is 2. The molecule has 1 aromatic heterocycles. The lowest BCUT2D eigenvalue weighted by Gasteiger charge is -2.04. The average Bonchev–Trinajstić information content (AvgIpc) is 2.47. The van der Waals surface area contributed by atoms with Crippen LogP contribution in [0.4, 0.5) is 0 Å². The fourth-order valence-corrected chi connectivity index (χ4v) is 0.905. The summed E-state index contributed by atoms with van der Waals surface area (Å²) in [4.78, 5) is 11.3. The fraction of sp³-hybridized carbons (Fsp3) is 0.444. The second kappa shape index (κ2) is 4.09. The highest BCUT2D eigenvalue weighted by molar-refractivity contribution is 5.93. The smallest absolute Gasteiger partial charge is 0.254 e. The van der Waals surface area contributed by atoms with Crippen LogP contribution in [-0.4, -0.2) is 23.7 Å². The van der Waals surface area contributed by atoms with Crippen molar-refractivity contribution in [3.63, 3.8) is 0 Å². The normalized spacial score (nSPS) is 12.5. The topological polar surface area (TPSA) is 62.5 Å². The minimum Gasteiger partial charge on any atom is -0.469 e. The molecule has 0 saturated carbocycles. The first-order valence-electron chi connectivity index (χ1n) is 4.11. The largest absolute Gasteiger partial charge is 0.469 e. The molecule has 0 fully saturated rings. The van der Waals surface area contributed by atoms with Gasteiger partial charge in [-0.2, -0.15) is 0 Å². The maximum Gasteiger partial charge on any atom is 0.254 e. The number of nitrogens with one attached hydrogen (secondary N) is 1. The van der Waals surface area contributed by atoms with Gasteiger partial charge in [-0.3, -0.25) is 4.79 Å². The van der Waals surface area contributed by atoms with Crippen LogP contribution in [0.3, 0.4) is 0 Å². The minimum absolute atomic E-state index is 0.224. The Morgan fingerprint density at radius 2 is 2.46 bits per heavy atom. The van der Waals surface area contributed by atoms with Crippen LogP contribution in [-0.2, 0) is 0 Å². The van der Waals surface area contributed by atoms with E-state index in [1.807, 2.05) is 0 Å². The third-order valence-electron chi connectivity index (χ3n) is 1.55. The van der Waals surface area contributed by atoms with Gasteiger partial charge in [0.05, 0.1) is 11.7 Å². The van der Waals surface area contributed by atoms with Gasteiger partial charge in [0, 0.05) is 6.54 Å². The minimum atomic E-state index is -0.531. The molecule has 1 atom stereocenters. The molecular formula is C9H13NO3. The Labute approximate surface area is 76.6 Å². The summed E-state index contributed by atoms with van der Waals surface area (Å²) >= 11 is 0. The van der Waals surface area contributed by atoms with Crippen molar-refractivity contribution in [2.75, 3.05) is 6.54 Å². The quantitative estimate of drug-likeness (QED) is 0.725. The Bertz CT molecular complexity index is 291. The van der Waals surface area contributed by atoms with Crippen LogP contribution in [0.15, 0.2) is 16.7 Å². The van der Waals surface area contributed by atoms with Gasteiger partial charge in [0.1, 0.15) is 12.0 Å². The summed E-state index contributed by atoms with van der Waals surface area (Å²) in [5.41, 5.74) is 0.484. The molecule has 2 N–H and O–H groups in total. The second-order valence-corrected chi connectivity index (χ2v) is 3.01. The molecule has 1 amide bonds. The van der Waals surface area contributed by atoms with E-state index in [1.54, 1.807) is 19.9 Å². The van der Waals surface area contributed by atoms with E-state index in [0.29, 0.717) is 11.3 Å². The first kappa shape index (κ1) is 9.80. The van der Waals surface area contributed by atoms with Crippen LogP contribution in [0.5, 0.6) is 0 Å². The monoisotopic (exact) mass is 183 g/mol. The van der Waals surface area contributed by atoms with Gasteiger partial charge >= 0.3 is 0 Å². The van der Waals surface area contributed by atoms with Gasteiger partial charge in [0.2, 0.25) is 0 Å². The molecular weight excluding hydrogens is 170 g/mol. The Kier molecular flexibility index (Phi) is 3.08. The molecule has 0 aliphatic rings. The average molecular weight is 183 g/mol. The van der Waals surface area contributed by atoms with E-state index >= 15 is 0 Å². The lowest BCUT2D eigenvalue weighted by Crippen LogP contribution is -2.30. The molecule has 1 rings (SSSR count). The zero-order valence-electron chi connectivity index (χ0n) is 7.70. The number of aryl methyl sites for hydroxylation is 1. The van der Waals surface area contributed by atoms with Gasteiger partial charge in [0.25, 0.3) is 5.91 Å². The molecule has 0 bridgehead atoms. The van der Waals surface area contributed by atoms with E-state index in [4.69, 9.17) is 9.52 Å². The standard InChI is InChI=1S/C9H13NO3/c1-6(11)4-10-9(12)8-3-7(2)13-5-8/h3,5-6,11H,4H2,1-2H3,(H,10,12). The van der Waals surface area contributed by atoms with Crippen molar-refractivity contribution < 1.29 is 14.3 Å². The molecule has 0 spiro atoms. The fourth-order valence-electron chi connectivity index (χ4n) is 0.905. The highest BCUT2D eigenvalue weighted by atomic mass is 16.3. The van der Waals surface area contributed by atoms with Crippen molar-refractivity contribution in [2.24, 2.45) is 0 Å². The van der Waals surface area contributed by atoms with E-state index in [2.05, 4.69) is 5.32 Å². The molecule has 0 saturated heterocycles. The van der Waals surface area contributed by atoms with Gasteiger partial charge < -0.3 is 14.8 Å². The number of aliphatic hydroxyl groups is 1. The lowest BCUT2D eigenvalue weighted by molar-refractivity contribution is 0.0923. The summed E-state index contributed by atoms with van der Waals surface area (Å²) in [6.45, 7) is 3.63. The molecule has 72 valence electrons. The molecule has 4 heteroatoms. The van der Waals surface area contributed by atoms with Crippen LogP contribution >= 0.6 is 0 Å². The number of rotatable bonds is 3. The van der Waals surface area contributed by atoms with Gasteiger partial charge in [0.15, 0.2) is 0 Å². The third kappa shape index (κ3) is 2.91. The lowest BCUT2D eigenvalue weighted by atomic mass is 10.3. The SMILES string of the molecule is Cc1cc(C(=O)NCC(C)O)co1. The second-order valence-electron chi connectivity index (χ2n) is 3.01. The Morgan fingerprint density at radius 1 is 1.77 bits per heavy atom. The number of furan rings is 1. The number of aliphatic hydroxyl groups excluding tert-OH is 1.